The summed E-state index contributed by atoms with van der Waals surface area (Å²) >= 11 is 5.81. The lowest BCUT2D eigenvalue weighted by atomic mass is 10.0. The predicted octanol–water partition coefficient (Wildman–Crippen LogP) is 4.17. The van der Waals surface area contributed by atoms with Crippen LogP contribution in [0.2, 0.25) is 5.02 Å². The van der Waals surface area contributed by atoms with Crippen molar-refractivity contribution in [3.05, 3.63) is 83.3 Å². The SMILES string of the molecule is O=S(=O)(Nc1ccc(C2=NNC(c3ccco3)C2)cc1)c1ccc(Cl)cc1. The van der Waals surface area contributed by atoms with Crippen molar-refractivity contribution in [2.75, 3.05) is 4.72 Å². The molecule has 138 valence electrons. The van der Waals surface area contributed by atoms with Crippen molar-refractivity contribution in [2.45, 2.75) is 17.4 Å². The molecule has 2 N–H and O–H groups in total. The van der Waals surface area contributed by atoms with E-state index in [1.54, 1.807) is 30.5 Å². The van der Waals surface area contributed by atoms with Gasteiger partial charge in [-0.05, 0) is 54.1 Å². The minimum absolute atomic E-state index is 0.0121. The number of furan rings is 1. The van der Waals surface area contributed by atoms with E-state index >= 15 is 0 Å². The molecule has 6 nitrogen and oxygen atoms in total. The van der Waals surface area contributed by atoms with Gasteiger partial charge in [0, 0.05) is 17.1 Å². The molecule has 8 heteroatoms. The highest BCUT2D eigenvalue weighted by atomic mass is 35.5. The number of rotatable bonds is 5. The van der Waals surface area contributed by atoms with Crippen LogP contribution in [-0.4, -0.2) is 14.1 Å². The topological polar surface area (TPSA) is 83.7 Å². The number of nitrogens with one attached hydrogen (secondary N) is 2. The molecule has 3 aromatic rings. The van der Waals surface area contributed by atoms with E-state index in [0.29, 0.717) is 17.1 Å². The van der Waals surface area contributed by atoms with Crippen LogP contribution in [0.3, 0.4) is 0 Å². The summed E-state index contributed by atoms with van der Waals surface area (Å²) in [6.07, 6.45) is 2.33. The van der Waals surface area contributed by atoms with Crippen LogP contribution in [0.5, 0.6) is 0 Å². The highest BCUT2D eigenvalue weighted by molar-refractivity contribution is 7.92. The van der Waals surface area contributed by atoms with E-state index in [-0.39, 0.29) is 10.9 Å². The molecule has 4 rings (SSSR count). The van der Waals surface area contributed by atoms with Gasteiger partial charge in [-0.2, -0.15) is 5.10 Å². The first-order chi connectivity index (χ1) is 13.0. The van der Waals surface area contributed by atoms with Crippen LogP contribution < -0.4 is 10.1 Å². The van der Waals surface area contributed by atoms with Gasteiger partial charge in [0.1, 0.15) is 11.8 Å². The fraction of sp³-hybridized carbons (Fsp3) is 0.105. The summed E-state index contributed by atoms with van der Waals surface area (Å²) in [5, 5.41) is 4.84. The summed E-state index contributed by atoms with van der Waals surface area (Å²) in [6, 6.07) is 16.9. The first kappa shape index (κ1) is 17.6. The standard InChI is InChI=1S/C19H16ClN3O3S/c20-14-5-9-16(10-6-14)27(24,25)23-15-7-3-13(4-8-15)17-12-18(22-21-17)19-2-1-11-26-19/h1-11,18,22-23H,12H2. The lowest BCUT2D eigenvalue weighted by Gasteiger charge is -2.09. The Hall–Kier alpha value is -2.77. The molecule has 0 saturated heterocycles. The average molecular weight is 402 g/mol. The maximum atomic E-state index is 12.4. The number of benzene rings is 2. The molecular formula is C19H16ClN3O3S. The van der Waals surface area contributed by atoms with Gasteiger partial charge in [-0.3, -0.25) is 10.1 Å². The molecule has 0 saturated carbocycles. The maximum Gasteiger partial charge on any atom is 0.261 e. The Bertz CT molecular complexity index is 1060. The zero-order valence-corrected chi connectivity index (χ0v) is 15.7. The Morgan fingerprint density at radius 3 is 2.48 bits per heavy atom. The van der Waals surface area contributed by atoms with Gasteiger partial charge >= 0.3 is 0 Å². The number of hydrazone groups is 1. The van der Waals surface area contributed by atoms with Gasteiger partial charge in [-0.25, -0.2) is 8.42 Å². The number of halogens is 1. The van der Waals surface area contributed by atoms with Crippen LogP contribution in [0.25, 0.3) is 0 Å². The van der Waals surface area contributed by atoms with E-state index < -0.39 is 10.0 Å². The molecule has 27 heavy (non-hydrogen) atoms. The normalized spacial score (nSPS) is 16.6. The molecule has 0 aliphatic carbocycles. The number of nitrogens with zero attached hydrogens (tertiary/aromatic N) is 1. The molecule has 1 aliphatic heterocycles. The van der Waals surface area contributed by atoms with Crippen molar-refractivity contribution in [2.24, 2.45) is 5.10 Å². The summed E-state index contributed by atoms with van der Waals surface area (Å²) in [6.45, 7) is 0. The second kappa shape index (κ2) is 7.09. The highest BCUT2D eigenvalue weighted by Crippen LogP contribution is 2.25. The van der Waals surface area contributed by atoms with Gasteiger partial charge in [0.15, 0.2) is 0 Å². The van der Waals surface area contributed by atoms with Crippen molar-refractivity contribution in [1.29, 1.82) is 0 Å². The van der Waals surface area contributed by atoms with E-state index in [1.165, 1.54) is 12.1 Å². The van der Waals surface area contributed by atoms with Crippen LogP contribution in [-0.2, 0) is 10.0 Å². The van der Waals surface area contributed by atoms with Gasteiger partial charge in [-0.15, -0.1) is 0 Å². The fourth-order valence-electron chi connectivity index (χ4n) is 2.84. The Balaban J connectivity index is 1.46. The zero-order chi connectivity index (χ0) is 18.9. The number of sulfonamides is 1. The Morgan fingerprint density at radius 2 is 1.81 bits per heavy atom. The van der Waals surface area contributed by atoms with Crippen molar-refractivity contribution in [1.82, 2.24) is 5.43 Å². The van der Waals surface area contributed by atoms with Crippen LogP contribution in [0.15, 0.2) is 81.3 Å². The quantitative estimate of drug-likeness (QED) is 0.672. The molecular weight excluding hydrogens is 386 g/mol. The summed E-state index contributed by atoms with van der Waals surface area (Å²) in [5.74, 6) is 0.834. The molecule has 1 aromatic heterocycles. The van der Waals surface area contributed by atoms with Crippen molar-refractivity contribution in [3.63, 3.8) is 0 Å². The van der Waals surface area contributed by atoms with Gasteiger partial charge in [0.05, 0.1) is 16.9 Å². The molecule has 0 bridgehead atoms. The summed E-state index contributed by atoms with van der Waals surface area (Å²) < 4.78 is 32.8. The van der Waals surface area contributed by atoms with Gasteiger partial charge in [-0.1, -0.05) is 23.7 Å². The first-order valence-corrected chi connectivity index (χ1v) is 10.1. The van der Waals surface area contributed by atoms with Gasteiger partial charge in [0.2, 0.25) is 0 Å². The molecule has 1 aliphatic rings. The van der Waals surface area contributed by atoms with E-state index in [0.717, 1.165) is 17.0 Å². The molecule has 2 aromatic carbocycles. The Kier molecular flexibility index (Phi) is 4.63. The van der Waals surface area contributed by atoms with E-state index in [1.807, 2.05) is 24.3 Å². The minimum Gasteiger partial charge on any atom is -0.467 e. The molecule has 0 spiro atoms. The van der Waals surface area contributed by atoms with Crippen LogP contribution >= 0.6 is 11.6 Å². The maximum absolute atomic E-state index is 12.4. The van der Waals surface area contributed by atoms with E-state index in [2.05, 4.69) is 15.2 Å². The molecule has 1 unspecified atom stereocenters. The Labute approximate surface area is 161 Å². The molecule has 0 amide bonds. The second-order valence-electron chi connectivity index (χ2n) is 6.10. The number of anilines is 1. The summed E-state index contributed by atoms with van der Waals surface area (Å²) in [7, 11) is -3.66. The van der Waals surface area contributed by atoms with Crippen LogP contribution in [0.4, 0.5) is 5.69 Å². The number of hydrogen-bond donors (Lipinski definition) is 2. The zero-order valence-electron chi connectivity index (χ0n) is 14.1. The highest BCUT2D eigenvalue weighted by Gasteiger charge is 2.23. The summed E-state index contributed by atoms with van der Waals surface area (Å²) in [4.78, 5) is 0.154. The summed E-state index contributed by atoms with van der Waals surface area (Å²) in [5.41, 5.74) is 5.35. The van der Waals surface area contributed by atoms with Crippen molar-refractivity contribution < 1.29 is 12.8 Å². The lowest BCUT2D eigenvalue weighted by Crippen LogP contribution is -2.13. The largest absolute Gasteiger partial charge is 0.467 e. The average Bonchev–Trinajstić information content (AvgIpc) is 3.34. The second-order valence-corrected chi connectivity index (χ2v) is 8.22. The molecule has 0 radical (unpaired) electrons. The monoisotopic (exact) mass is 401 g/mol. The molecule has 0 fully saturated rings. The first-order valence-electron chi connectivity index (χ1n) is 8.25. The molecule has 2 heterocycles. The smallest absolute Gasteiger partial charge is 0.261 e. The van der Waals surface area contributed by atoms with E-state index in [4.69, 9.17) is 16.0 Å². The predicted molar refractivity (Wildman–Crippen MR) is 104 cm³/mol. The van der Waals surface area contributed by atoms with Crippen molar-refractivity contribution >= 4 is 33.0 Å². The van der Waals surface area contributed by atoms with Crippen molar-refractivity contribution in [3.8, 4) is 0 Å². The van der Waals surface area contributed by atoms with Gasteiger partial charge < -0.3 is 4.42 Å². The third kappa shape index (κ3) is 3.84. The Morgan fingerprint density at radius 1 is 1.07 bits per heavy atom. The lowest BCUT2D eigenvalue weighted by molar-refractivity contribution is 0.440. The molecule has 1 atom stereocenters. The fourth-order valence-corrected chi connectivity index (χ4v) is 4.02. The van der Waals surface area contributed by atoms with Crippen LogP contribution in [0, 0.1) is 0 Å². The van der Waals surface area contributed by atoms with E-state index in [9.17, 15) is 8.42 Å². The van der Waals surface area contributed by atoms with Crippen LogP contribution in [0.1, 0.15) is 23.8 Å². The third-order valence-electron chi connectivity index (χ3n) is 4.23. The minimum atomic E-state index is -3.66. The third-order valence-corrected chi connectivity index (χ3v) is 5.88. The van der Waals surface area contributed by atoms with Gasteiger partial charge in [0.25, 0.3) is 10.0 Å². The number of hydrogen-bond acceptors (Lipinski definition) is 5.